The van der Waals surface area contributed by atoms with Crippen LogP contribution in [-0.4, -0.2) is 17.7 Å². The molecule has 0 saturated carbocycles. The van der Waals surface area contributed by atoms with Crippen LogP contribution < -0.4 is 10.1 Å². The summed E-state index contributed by atoms with van der Waals surface area (Å²) < 4.78 is 9.38. The van der Waals surface area contributed by atoms with Gasteiger partial charge in [-0.25, -0.2) is 0 Å². The number of hydrogen-bond donors (Lipinski definition) is 1. The Hall–Kier alpha value is -1.49. The minimum absolute atomic E-state index is 0.705. The lowest BCUT2D eigenvalue weighted by Crippen LogP contribution is -2.24. The number of ether oxygens (including phenoxy) is 1. The summed E-state index contributed by atoms with van der Waals surface area (Å²) in [5.41, 5.74) is 4.12. The summed E-state index contributed by atoms with van der Waals surface area (Å²) in [4.78, 5) is 0. The second kappa shape index (κ2) is 7.40. The second-order valence-electron chi connectivity index (χ2n) is 6.32. The number of hydrogen-bond acceptors (Lipinski definition) is 2. The molecule has 5 heteroatoms. The topological polar surface area (TPSA) is 26.2 Å². The van der Waals surface area contributed by atoms with Gasteiger partial charge in [0, 0.05) is 52.1 Å². The van der Waals surface area contributed by atoms with E-state index in [4.69, 9.17) is 16.3 Å². The van der Waals surface area contributed by atoms with Gasteiger partial charge in [-0.2, -0.15) is 0 Å². The van der Waals surface area contributed by atoms with E-state index in [0.717, 1.165) is 47.7 Å². The van der Waals surface area contributed by atoms with Crippen LogP contribution in [0.4, 0.5) is 0 Å². The van der Waals surface area contributed by atoms with Crippen molar-refractivity contribution in [2.45, 2.75) is 25.9 Å². The predicted molar refractivity (Wildman–Crippen MR) is 107 cm³/mol. The van der Waals surface area contributed by atoms with E-state index in [1.54, 1.807) is 0 Å². The monoisotopic (exact) mass is 418 g/mol. The van der Waals surface area contributed by atoms with Crippen LogP contribution in [0.3, 0.4) is 0 Å². The molecule has 3 nitrogen and oxygen atoms in total. The third-order valence-corrected chi connectivity index (χ3v) is 5.41. The highest BCUT2D eigenvalue weighted by Crippen LogP contribution is 2.31. The number of rotatable bonds is 5. The number of nitrogens with zero attached hydrogens (tertiary/aromatic N) is 1. The molecule has 2 aromatic carbocycles. The van der Waals surface area contributed by atoms with Gasteiger partial charge in [-0.05, 0) is 48.4 Å². The minimum Gasteiger partial charge on any atom is -0.493 e. The molecular weight excluding hydrogens is 400 g/mol. The van der Waals surface area contributed by atoms with Crippen molar-refractivity contribution in [3.63, 3.8) is 0 Å². The maximum atomic E-state index is 6.22. The van der Waals surface area contributed by atoms with Crippen LogP contribution in [0, 0.1) is 0 Å². The lowest BCUT2D eigenvalue weighted by atomic mass is 10.1. The minimum atomic E-state index is 0.705. The molecule has 0 fully saturated rings. The van der Waals surface area contributed by atoms with Gasteiger partial charge >= 0.3 is 0 Å². The Morgan fingerprint density at radius 2 is 2.12 bits per heavy atom. The summed E-state index contributed by atoms with van der Waals surface area (Å²) in [6.07, 6.45) is 2.03. The van der Waals surface area contributed by atoms with Crippen LogP contribution in [-0.2, 0) is 19.5 Å². The number of benzene rings is 2. The first-order valence-electron chi connectivity index (χ1n) is 8.61. The van der Waals surface area contributed by atoms with Gasteiger partial charge in [0.25, 0.3) is 0 Å². The third-order valence-electron chi connectivity index (χ3n) is 4.68. The third kappa shape index (κ3) is 3.57. The Morgan fingerprint density at radius 1 is 1.20 bits per heavy atom. The lowest BCUT2D eigenvalue weighted by Gasteiger charge is -2.17. The van der Waals surface area contributed by atoms with Gasteiger partial charge in [-0.3, -0.25) is 0 Å². The highest BCUT2D eigenvalue weighted by Gasteiger charge is 2.19. The van der Waals surface area contributed by atoms with Crippen molar-refractivity contribution in [3.8, 4) is 5.75 Å². The highest BCUT2D eigenvalue weighted by atomic mass is 79.9. The van der Waals surface area contributed by atoms with E-state index in [9.17, 15) is 0 Å². The predicted octanol–water partition coefficient (Wildman–Crippen LogP) is 5.17. The van der Waals surface area contributed by atoms with Crippen molar-refractivity contribution in [2.75, 3.05) is 13.2 Å². The van der Waals surface area contributed by atoms with Gasteiger partial charge in [0.1, 0.15) is 5.75 Å². The van der Waals surface area contributed by atoms with Crippen molar-refractivity contribution < 1.29 is 4.74 Å². The first kappa shape index (κ1) is 17.0. The molecule has 130 valence electrons. The maximum Gasteiger partial charge on any atom is 0.120 e. The maximum absolute atomic E-state index is 6.22. The Labute approximate surface area is 161 Å². The fraction of sp³-hybridized carbons (Fsp3) is 0.300. The zero-order chi connectivity index (χ0) is 17.2. The fourth-order valence-electron chi connectivity index (χ4n) is 3.58. The number of aromatic nitrogens is 1. The molecule has 0 bridgehead atoms. The Morgan fingerprint density at radius 3 is 3.00 bits per heavy atom. The normalized spacial score (nSPS) is 13.8. The van der Waals surface area contributed by atoms with Crippen LogP contribution in [0.15, 0.2) is 46.9 Å². The summed E-state index contributed by atoms with van der Waals surface area (Å²) in [5.74, 6) is 0.907. The van der Waals surface area contributed by atoms with Gasteiger partial charge in [-0.1, -0.05) is 33.6 Å². The quantitative estimate of drug-likeness (QED) is 0.577. The largest absolute Gasteiger partial charge is 0.493 e. The molecule has 1 N–H and O–H groups in total. The van der Waals surface area contributed by atoms with Gasteiger partial charge in [0.15, 0.2) is 0 Å². The van der Waals surface area contributed by atoms with Crippen LogP contribution in [0.25, 0.3) is 10.9 Å². The zero-order valence-electron chi connectivity index (χ0n) is 13.9. The Balaban J connectivity index is 1.51. The number of nitrogens with one attached hydrogen (secondary N) is 1. The number of halogens is 2. The molecule has 0 spiro atoms. The molecule has 1 aromatic heterocycles. The highest BCUT2D eigenvalue weighted by molar-refractivity contribution is 9.10. The molecule has 0 unspecified atom stereocenters. The standard InChI is InChI=1S/C20H20BrClN2O/c21-14-3-1-4-16(11-14)25-10-2-9-24-19-6-5-15(22)12-17(19)18-13-23-8-7-20(18)24/h1,3-6,11-12,23H,2,7-10,13H2. The molecule has 0 saturated heterocycles. The molecule has 0 radical (unpaired) electrons. The van der Waals surface area contributed by atoms with Gasteiger partial charge in [0.2, 0.25) is 0 Å². The molecule has 0 aliphatic carbocycles. The van der Waals surface area contributed by atoms with Crippen LogP contribution in [0.5, 0.6) is 5.75 Å². The van der Waals surface area contributed by atoms with Crippen molar-refractivity contribution in [1.82, 2.24) is 9.88 Å². The van der Waals surface area contributed by atoms with Crippen molar-refractivity contribution >= 4 is 38.4 Å². The van der Waals surface area contributed by atoms with E-state index < -0.39 is 0 Å². The van der Waals surface area contributed by atoms with Gasteiger partial charge in [-0.15, -0.1) is 0 Å². The summed E-state index contributed by atoms with van der Waals surface area (Å²) in [6.45, 7) is 3.62. The summed E-state index contributed by atoms with van der Waals surface area (Å²) >= 11 is 9.70. The van der Waals surface area contributed by atoms with E-state index in [0.29, 0.717) is 6.61 Å². The van der Waals surface area contributed by atoms with Gasteiger partial charge in [0.05, 0.1) is 6.61 Å². The van der Waals surface area contributed by atoms with Crippen molar-refractivity contribution in [1.29, 1.82) is 0 Å². The Bertz CT molecular complexity index is 906. The SMILES string of the molecule is Clc1ccc2c(c1)c1c(n2CCCOc2cccc(Br)c2)CCNC1. The Kier molecular flexibility index (Phi) is 5.02. The second-order valence-corrected chi connectivity index (χ2v) is 7.68. The van der Waals surface area contributed by atoms with Crippen LogP contribution in [0.2, 0.25) is 5.02 Å². The van der Waals surface area contributed by atoms with E-state index >= 15 is 0 Å². The van der Waals surface area contributed by atoms with E-state index in [-0.39, 0.29) is 0 Å². The summed E-state index contributed by atoms with van der Waals surface area (Å²) in [7, 11) is 0. The average molecular weight is 420 g/mol. The van der Waals surface area contributed by atoms with E-state index in [1.807, 2.05) is 30.3 Å². The average Bonchev–Trinajstić information content (AvgIpc) is 2.92. The number of aryl methyl sites for hydroxylation is 1. The molecule has 0 amide bonds. The fourth-order valence-corrected chi connectivity index (χ4v) is 4.13. The van der Waals surface area contributed by atoms with Crippen LogP contribution >= 0.6 is 27.5 Å². The zero-order valence-corrected chi connectivity index (χ0v) is 16.2. The first-order chi connectivity index (χ1) is 12.2. The summed E-state index contributed by atoms with van der Waals surface area (Å²) in [6, 6.07) is 14.2. The van der Waals surface area contributed by atoms with E-state index in [1.165, 1.54) is 22.2 Å². The van der Waals surface area contributed by atoms with E-state index in [2.05, 4.69) is 37.9 Å². The smallest absolute Gasteiger partial charge is 0.120 e. The van der Waals surface area contributed by atoms with Crippen molar-refractivity contribution in [3.05, 3.63) is 63.2 Å². The first-order valence-corrected chi connectivity index (χ1v) is 9.78. The number of fused-ring (bicyclic) bond motifs is 3. The summed E-state index contributed by atoms with van der Waals surface area (Å²) in [5, 5.41) is 5.56. The molecule has 2 heterocycles. The molecule has 1 aliphatic rings. The molecule has 3 aromatic rings. The molecule has 4 rings (SSSR count). The molecule has 25 heavy (non-hydrogen) atoms. The lowest BCUT2D eigenvalue weighted by molar-refractivity contribution is 0.301. The van der Waals surface area contributed by atoms with Gasteiger partial charge < -0.3 is 14.6 Å². The molecule has 0 atom stereocenters. The van der Waals surface area contributed by atoms with Crippen molar-refractivity contribution in [2.24, 2.45) is 0 Å². The molecule has 1 aliphatic heterocycles. The van der Waals surface area contributed by atoms with Crippen LogP contribution in [0.1, 0.15) is 17.7 Å². The molecular formula is C20H20BrClN2O.